The van der Waals surface area contributed by atoms with Crippen molar-refractivity contribution in [3.63, 3.8) is 0 Å². The van der Waals surface area contributed by atoms with Crippen LogP contribution >= 0.6 is 23.2 Å². The topological polar surface area (TPSA) is 109 Å². The lowest BCUT2D eigenvalue weighted by Gasteiger charge is -2.26. The van der Waals surface area contributed by atoms with E-state index in [9.17, 15) is 18.0 Å². The molecule has 1 fully saturated rings. The number of rotatable bonds is 8. The van der Waals surface area contributed by atoms with Crippen LogP contribution in [0.2, 0.25) is 10.0 Å². The van der Waals surface area contributed by atoms with E-state index in [1.165, 1.54) is 10.7 Å². The van der Waals surface area contributed by atoms with Gasteiger partial charge < -0.3 is 20.5 Å². The molecule has 1 aromatic heterocycles. The molecule has 1 aliphatic heterocycles. The molecule has 234 valence electrons. The number of fused-ring (bicyclic) bond motifs is 1. The van der Waals surface area contributed by atoms with Crippen LogP contribution < -0.4 is 10.6 Å². The number of nitrogens with one attached hydrogen (secondary N) is 2. The van der Waals surface area contributed by atoms with Gasteiger partial charge in [0.2, 0.25) is 0 Å². The lowest BCUT2D eigenvalue weighted by atomic mass is 10.1. The maximum atomic E-state index is 15.5. The van der Waals surface area contributed by atoms with Gasteiger partial charge in [-0.05, 0) is 55.4 Å². The number of hydrogen-bond donors (Lipinski definition) is 3. The monoisotopic (exact) mass is 655 g/mol. The Morgan fingerprint density at radius 1 is 1.02 bits per heavy atom. The quantitative estimate of drug-likeness (QED) is 0.151. The number of para-hydroxylation sites is 1. The van der Waals surface area contributed by atoms with Gasteiger partial charge in [-0.2, -0.15) is 18.3 Å². The highest BCUT2D eigenvalue weighted by molar-refractivity contribution is 6.39. The number of carbonyl (C=O) groups is 2. The van der Waals surface area contributed by atoms with E-state index in [2.05, 4.69) is 20.6 Å². The van der Waals surface area contributed by atoms with E-state index in [0.717, 1.165) is 50.3 Å². The molecule has 0 saturated carbocycles. The lowest BCUT2D eigenvalue weighted by Crippen LogP contribution is -2.38. The SMILES string of the molecule is O=C(NCCCN1CCOCC1)c1cccc(-n2ncc3cc(Nc4c(Cl)cccc4Cl)ccc32)c1F.O=C(O)C(F)(F)F. The molecule has 44 heavy (non-hydrogen) atoms. The molecule has 0 radical (unpaired) electrons. The second-order valence-electron chi connectivity index (χ2n) is 9.56. The largest absolute Gasteiger partial charge is 0.490 e. The summed E-state index contributed by atoms with van der Waals surface area (Å²) in [5.74, 6) is -3.82. The smallest absolute Gasteiger partial charge is 0.475 e. The van der Waals surface area contributed by atoms with Crippen LogP contribution in [-0.4, -0.2) is 77.2 Å². The van der Waals surface area contributed by atoms with Crippen LogP contribution in [0.1, 0.15) is 16.8 Å². The standard InChI is InChI=1S/C27H26Cl2FN5O2.C2HF3O2/c28-21-5-2-6-22(29)26(21)33-19-8-9-23-18(16-19)17-32-35(23)24-7-1-4-20(25(24)30)27(36)31-10-3-11-34-12-14-37-15-13-34;3-2(4,5)1(6)7/h1-2,4-9,16-17,33H,3,10-15H2,(H,31,36);(H,6,7). The fourth-order valence-electron chi connectivity index (χ4n) is 4.35. The summed E-state index contributed by atoms with van der Waals surface area (Å²) in [5, 5.41) is 19.4. The molecule has 0 atom stereocenters. The molecule has 1 amide bonds. The maximum Gasteiger partial charge on any atom is 0.490 e. The highest BCUT2D eigenvalue weighted by Gasteiger charge is 2.38. The molecule has 1 aliphatic rings. The van der Waals surface area contributed by atoms with Crippen LogP contribution in [0.5, 0.6) is 0 Å². The molecule has 0 bridgehead atoms. The summed E-state index contributed by atoms with van der Waals surface area (Å²) in [6.45, 7) is 4.60. The lowest BCUT2D eigenvalue weighted by molar-refractivity contribution is -0.192. The molecule has 3 aromatic carbocycles. The number of aromatic nitrogens is 2. The molecule has 5 rings (SSSR count). The number of benzene rings is 3. The number of amides is 1. The Morgan fingerprint density at radius 3 is 2.34 bits per heavy atom. The van der Waals surface area contributed by atoms with E-state index in [4.69, 9.17) is 37.8 Å². The molecular formula is C29H27Cl2F4N5O4. The fraction of sp³-hybridized carbons (Fsp3) is 0.276. The molecule has 1 saturated heterocycles. The van der Waals surface area contributed by atoms with E-state index in [1.54, 1.807) is 36.5 Å². The predicted octanol–water partition coefficient (Wildman–Crippen LogP) is 6.30. The predicted molar refractivity (Wildman–Crippen MR) is 159 cm³/mol. The minimum atomic E-state index is -5.08. The van der Waals surface area contributed by atoms with Crippen molar-refractivity contribution in [2.24, 2.45) is 0 Å². The van der Waals surface area contributed by atoms with Crippen LogP contribution in [0.4, 0.5) is 28.9 Å². The zero-order valence-electron chi connectivity index (χ0n) is 23.0. The molecule has 0 aliphatic carbocycles. The van der Waals surface area contributed by atoms with E-state index in [1.807, 2.05) is 18.2 Å². The van der Waals surface area contributed by atoms with Crippen LogP contribution in [0.25, 0.3) is 16.6 Å². The summed E-state index contributed by atoms with van der Waals surface area (Å²) >= 11 is 12.5. The van der Waals surface area contributed by atoms with Crippen molar-refractivity contribution in [3.8, 4) is 5.69 Å². The number of alkyl halides is 3. The first-order valence-corrected chi connectivity index (χ1v) is 14.1. The van der Waals surface area contributed by atoms with Gasteiger partial charge >= 0.3 is 12.1 Å². The van der Waals surface area contributed by atoms with E-state index < -0.39 is 23.9 Å². The van der Waals surface area contributed by atoms with Crippen LogP contribution in [0, 0.1) is 5.82 Å². The second kappa shape index (κ2) is 14.7. The van der Waals surface area contributed by atoms with Gasteiger partial charge in [0.15, 0.2) is 5.82 Å². The third-order valence-corrected chi connectivity index (χ3v) is 7.16. The van der Waals surface area contributed by atoms with Gasteiger partial charge in [-0.15, -0.1) is 0 Å². The summed E-state index contributed by atoms with van der Waals surface area (Å²) < 4.78 is 54.1. The highest BCUT2D eigenvalue weighted by atomic mass is 35.5. The summed E-state index contributed by atoms with van der Waals surface area (Å²) in [5.41, 5.74) is 2.24. The van der Waals surface area contributed by atoms with Crippen molar-refractivity contribution in [1.82, 2.24) is 20.0 Å². The van der Waals surface area contributed by atoms with Crippen molar-refractivity contribution in [2.45, 2.75) is 12.6 Å². The van der Waals surface area contributed by atoms with E-state index >= 15 is 4.39 Å². The first kappa shape index (κ1) is 33.0. The average molecular weight is 656 g/mol. The van der Waals surface area contributed by atoms with Crippen LogP contribution in [0.3, 0.4) is 0 Å². The first-order chi connectivity index (χ1) is 21.0. The molecule has 0 unspecified atom stereocenters. The van der Waals surface area contributed by atoms with Crippen molar-refractivity contribution in [2.75, 3.05) is 44.7 Å². The number of ether oxygens (including phenoxy) is 1. The zero-order valence-corrected chi connectivity index (χ0v) is 24.5. The zero-order chi connectivity index (χ0) is 31.9. The van der Waals surface area contributed by atoms with Crippen LogP contribution in [0.15, 0.2) is 60.8 Å². The van der Waals surface area contributed by atoms with Crippen molar-refractivity contribution in [1.29, 1.82) is 0 Å². The van der Waals surface area contributed by atoms with Crippen molar-refractivity contribution < 1.29 is 37.0 Å². The highest BCUT2D eigenvalue weighted by Crippen LogP contribution is 2.33. The summed E-state index contributed by atoms with van der Waals surface area (Å²) in [4.78, 5) is 23.9. The van der Waals surface area contributed by atoms with Crippen molar-refractivity contribution in [3.05, 3.63) is 82.2 Å². The average Bonchev–Trinajstić information content (AvgIpc) is 3.41. The third kappa shape index (κ3) is 8.38. The number of halogens is 6. The Labute approximate surface area is 259 Å². The second-order valence-corrected chi connectivity index (χ2v) is 10.4. The minimum Gasteiger partial charge on any atom is -0.475 e. The fourth-order valence-corrected chi connectivity index (χ4v) is 4.84. The molecule has 2 heterocycles. The molecular weight excluding hydrogens is 629 g/mol. The number of hydrogen-bond acceptors (Lipinski definition) is 6. The Hall–Kier alpha value is -3.91. The normalized spacial score (nSPS) is 13.7. The number of morpholine rings is 1. The van der Waals surface area contributed by atoms with Crippen molar-refractivity contribution >= 4 is 57.4 Å². The summed E-state index contributed by atoms with van der Waals surface area (Å²) in [6.07, 6.45) is -2.65. The molecule has 9 nitrogen and oxygen atoms in total. The van der Waals surface area contributed by atoms with Crippen LogP contribution in [-0.2, 0) is 9.53 Å². The van der Waals surface area contributed by atoms with E-state index in [0.29, 0.717) is 27.8 Å². The summed E-state index contributed by atoms with van der Waals surface area (Å²) in [6, 6.07) is 15.6. The molecule has 3 N–H and O–H groups in total. The first-order valence-electron chi connectivity index (χ1n) is 13.3. The Morgan fingerprint density at radius 2 is 1.68 bits per heavy atom. The number of nitrogens with zero attached hydrogens (tertiary/aromatic N) is 3. The number of anilines is 2. The summed E-state index contributed by atoms with van der Waals surface area (Å²) in [7, 11) is 0. The third-order valence-electron chi connectivity index (χ3n) is 6.53. The van der Waals surface area contributed by atoms with Gasteiger partial charge in [0.05, 0.1) is 46.2 Å². The van der Waals surface area contributed by atoms with Gasteiger partial charge in [-0.25, -0.2) is 13.9 Å². The number of carbonyl (C=O) groups excluding carboxylic acids is 1. The van der Waals surface area contributed by atoms with Gasteiger partial charge in [0.1, 0.15) is 5.69 Å². The Kier molecular flexibility index (Phi) is 11.0. The molecule has 15 heteroatoms. The minimum absolute atomic E-state index is 0.0147. The maximum absolute atomic E-state index is 15.5. The number of carboxylic acids is 1. The Bertz CT molecular complexity index is 1610. The van der Waals surface area contributed by atoms with E-state index in [-0.39, 0.29) is 11.3 Å². The van der Waals surface area contributed by atoms with Gasteiger partial charge in [0, 0.05) is 30.7 Å². The molecule has 4 aromatic rings. The van der Waals surface area contributed by atoms with Gasteiger partial charge in [-0.3, -0.25) is 9.69 Å². The number of aliphatic carboxylic acids is 1. The molecule has 0 spiro atoms. The van der Waals surface area contributed by atoms with Gasteiger partial charge in [-0.1, -0.05) is 35.3 Å². The Balaban J connectivity index is 0.000000566. The number of carboxylic acid groups (broad SMARTS) is 1. The van der Waals surface area contributed by atoms with Gasteiger partial charge in [0.25, 0.3) is 5.91 Å².